The van der Waals surface area contributed by atoms with Crippen molar-refractivity contribution in [2.75, 3.05) is 18.5 Å². The van der Waals surface area contributed by atoms with Crippen LogP contribution >= 0.6 is 0 Å². The zero-order valence-electron chi connectivity index (χ0n) is 14.2. The van der Waals surface area contributed by atoms with Crippen LogP contribution in [0.2, 0.25) is 0 Å². The van der Waals surface area contributed by atoms with E-state index in [1.54, 1.807) is 12.5 Å². The van der Waals surface area contributed by atoms with E-state index in [1.165, 1.54) is 5.56 Å². The molecule has 2 N–H and O–H groups in total. The quantitative estimate of drug-likeness (QED) is 0.533. The number of fused-ring (bicyclic) bond motifs is 1. The van der Waals surface area contributed by atoms with E-state index < -0.39 is 0 Å². The first-order chi connectivity index (χ1) is 12.8. The van der Waals surface area contributed by atoms with E-state index in [0.717, 1.165) is 23.1 Å². The Morgan fingerprint density at radius 3 is 2.77 bits per heavy atom. The van der Waals surface area contributed by atoms with Gasteiger partial charge >= 0.3 is 0 Å². The Morgan fingerprint density at radius 2 is 2.00 bits per heavy atom. The Labute approximate surface area is 150 Å². The summed E-state index contributed by atoms with van der Waals surface area (Å²) in [4.78, 5) is 8.90. The van der Waals surface area contributed by atoms with Crippen molar-refractivity contribution in [1.82, 2.24) is 19.7 Å². The number of nitrogens with one attached hydrogen (secondary N) is 1. The van der Waals surface area contributed by atoms with E-state index in [1.807, 2.05) is 35.0 Å². The molecule has 0 aliphatic rings. The van der Waals surface area contributed by atoms with Gasteiger partial charge in [0.2, 0.25) is 5.95 Å². The van der Waals surface area contributed by atoms with E-state index in [4.69, 9.17) is 14.6 Å². The highest BCUT2D eigenvalue weighted by molar-refractivity contribution is 5.89. The third-order valence-electron chi connectivity index (χ3n) is 4.09. The predicted molar refractivity (Wildman–Crippen MR) is 98.7 cm³/mol. The number of nitrogens with zero attached hydrogens (tertiary/aromatic N) is 4. The molecule has 0 spiro atoms. The van der Waals surface area contributed by atoms with Gasteiger partial charge in [0.05, 0.1) is 18.3 Å². The van der Waals surface area contributed by atoms with Crippen molar-refractivity contribution < 1.29 is 9.52 Å². The van der Waals surface area contributed by atoms with Crippen LogP contribution in [0, 0.1) is 0 Å². The summed E-state index contributed by atoms with van der Waals surface area (Å²) in [5.41, 5.74) is 2.71. The molecule has 0 fully saturated rings. The number of benzene rings is 1. The fraction of sp³-hybridized carbons (Fsp3) is 0.211. The average molecular weight is 349 g/mol. The maximum absolute atomic E-state index is 8.99. The lowest BCUT2D eigenvalue weighted by molar-refractivity contribution is 0.311. The molecule has 0 radical (unpaired) electrons. The van der Waals surface area contributed by atoms with Gasteiger partial charge in [0.1, 0.15) is 5.69 Å². The molecule has 1 aromatic carbocycles. The van der Waals surface area contributed by atoms with Crippen molar-refractivity contribution in [2.45, 2.75) is 13.0 Å². The summed E-state index contributed by atoms with van der Waals surface area (Å²) in [6.07, 6.45) is 4.21. The summed E-state index contributed by atoms with van der Waals surface area (Å²) in [5.74, 6) is 1.16. The van der Waals surface area contributed by atoms with E-state index in [0.29, 0.717) is 24.8 Å². The minimum Gasteiger partial charge on any atom is -0.463 e. The molecule has 3 aromatic heterocycles. The molecule has 0 aliphatic carbocycles. The summed E-state index contributed by atoms with van der Waals surface area (Å²) in [6.45, 7) is 1.11. The molecule has 132 valence electrons. The van der Waals surface area contributed by atoms with E-state index in [9.17, 15) is 0 Å². The lowest BCUT2D eigenvalue weighted by Crippen LogP contribution is -2.10. The van der Waals surface area contributed by atoms with Crippen molar-refractivity contribution >= 4 is 17.0 Å². The van der Waals surface area contributed by atoms with Crippen LogP contribution in [-0.2, 0) is 13.0 Å². The van der Waals surface area contributed by atoms with Crippen LogP contribution in [0.25, 0.3) is 22.5 Å². The van der Waals surface area contributed by atoms with Crippen LogP contribution in [0.5, 0.6) is 0 Å². The third kappa shape index (κ3) is 3.29. The van der Waals surface area contributed by atoms with Crippen molar-refractivity contribution in [2.24, 2.45) is 0 Å². The summed E-state index contributed by atoms with van der Waals surface area (Å²) in [7, 11) is 0. The second kappa shape index (κ2) is 7.37. The molecular weight excluding hydrogens is 330 g/mol. The number of rotatable bonds is 7. The van der Waals surface area contributed by atoms with Crippen molar-refractivity contribution in [1.29, 1.82) is 0 Å². The normalized spacial score (nSPS) is 11.1. The first-order valence-electron chi connectivity index (χ1n) is 8.51. The molecule has 26 heavy (non-hydrogen) atoms. The third-order valence-corrected chi connectivity index (χ3v) is 4.09. The molecule has 0 saturated heterocycles. The summed E-state index contributed by atoms with van der Waals surface area (Å²) in [6, 6.07) is 14.0. The Bertz CT molecular complexity index is 980. The predicted octanol–water partition coefficient (Wildman–Crippen LogP) is 2.73. The van der Waals surface area contributed by atoms with Gasteiger partial charge in [-0.3, -0.25) is 0 Å². The highest BCUT2D eigenvalue weighted by atomic mass is 16.3. The number of furan rings is 1. The molecule has 0 atom stereocenters. The molecule has 0 unspecified atom stereocenters. The van der Waals surface area contributed by atoms with Crippen LogP contribution < -0.4 is 5.32 Å². The molecule has 3 heterocycles. The molecule has 4 aromatic rings. The van der Waals surface area contributed by atoms with Gasteiger partial charge in [-0.1, -0.05) is 30.3 Å². The molecule has 0 amide bonds. The van der Waals surface area contributed by atoms with Gasteiger partial charge in [0.15, 0.2) is 11.4 Å². The number of aromatic nitrogens is 4. The summed E-state index contributed by atoms with van der Waals surface area (Å²) < 4.78 is 7.40. The Morgan fingerprint density at radius 1 is 1.12 bits per heavy atom. The van der Waals surface area contributed by atoms with Gasteiger partial charge in [-0.15, -0.1) is 0 Å². The van der Waals surface area contributed by atoms with Crippen LogP contribution in [0.1, 0.15) is 5.56 Å². The van der Waals surface area contributed by atoms with Crippen LogP contribution in [0.15, 0.2) is 59.3 Å². The van der Waals surface area contributed by atoms with Gasteiger partial charge in [-0.2, -0.15) is 10.1 Å². The lowest BCUT2D eigenvalue weighted by Gasteiger charge is -2.05. The smallest absolute Gasteiger partial charge is 0.224 e. The summed E-state index contributed by atoms with van der Waals surface area (Å²) in [5, 5.41) is 17.5. The second-order valence-electron chi connectivity index (χ2n) is 5.87. The average Bonchev–Trinajstić information content (AvgIpc) is 3.33. The van der Waals surface area contributed by atoms with Gasteiger partial charge in [-0.05, 0) is 24.1 Å². The maximum Gasteiger partial charge on any atom is 0.224 e. The van der Waals surface area contributed by atoms with Gasteiger partial charge in [0.25, 0.3) is 0 Å². The molecular formula is C19H19N5O2. The van der Waals surface area contributed by atoms with Gasteiger partial charge in [-0.25, -0.2) is 9.67 Å². The minimum atomic E-state index is 0.0202. The minimum absolute atomic E-state index is 0.0202. The number of aliphatic hydroxyl groups is 1. The summed E-state index contributed by atoms with van der Waals surface area (Å²) >= 11 is 0. The van der Waals surface area contributed by atoms with Gasteiger partial charge < -0.3 is 14.8 Å². The highest BCUT2D eigenvalue weighted by Crippen LogP contribution is 2.27. The Kier molecular flexibility index (Phi) is 4.61. The zero-order valence-corrected chi connectivity index (χ0v) is 14.2. The largest absolute Gasteiger partial charge is 0.463 e. The van der Waals surface area contributed by atoms with Crippen molar-refractivity contribution in [3.05, 3.63) is 60.5 Å². The molecule has 0 aliphatic heterocycles. The van der Waals surface area contributed by atoms with Crippen molar-refractivity contribution in [3.63, 3.8) is 0 Å². The number of anilines is 1. The number of hydrogen-bond donors (Lipinski definition) is 2. The monoisotopic (exact) mass is 349 g/mol. The Hall–Kier alpha value is -3.19. The Balaban J connectivity index is 1.71. The van der Waals surface area contributed by atoms with Crippen LogP contribution in [-0.4, -0.2) is 38.0 Å². The molecule has 4 rings (SSSR count). The molecule has 7 nitrogen and oxygen atoms in total. The van der Waals surface area contributed by atoms with Crippen LogP contribution in [0.3, 0.4) is 0 Å². The zero-order chi connectivity index (χ0) is 17.8. The molecule has 7 heteroatoms. The van der Waals surface area contributed by atoms with E-state index in [2.05, 4.69) is 27.4 Å². The number of aliphatic hydroxyl groups excluding tert-OH is 1. The number of aryl methyl sites for hydroxylation is 2. The molecule has 0 saturated carbocycles. The van der Waals surface area contributed by atoms with Crippen molar-refractivity contribution in [3.8, 4) is 11.5 Å². The fourth-order valence-electron chi connectivity index (χ4n) is 2.84. The first kappa shape index (κ1) is 16.3. The fourth-order valence-corrected chi connectivity index (χ4v) is 2.84. The second-order valence-corrected chi connectivity index (χ2v) is 5.87. The highest BCUT2D eigenvalue weighted by Gasteiger charge is 2.16. The first-order valence-corrected chi connectivity index (χ1v) is 8.51. The molecule has 0 bridgehead atoms. The topological polar surface area (TPSA) is 89.0 Å². The van der Waals surface area contributed by atoms with Gasteiger partial charge in [0, 0.05) is 19.3 Å². The number of hydrogen-bond acceptors (Lipinski definition) is 6. The lowest BCUT2D eigenvalue weighted by atomic mass is 10.1. The van der Waals surface area contributed by atoms with E-state index in [-0.39, 0.29) is 6.61 Å². The van der Waals surface area contributed by atoms with Crippen LogP contribution in [0.4, 0.5) is 5.95 Å². The standard InChI is InChI=1S/C19H19N5O2/c25-11-9-20-19-21-13-15-17(16-7-4-12-26-16)23-24(18(15)22-19)10-8-14-5-2-1-3-6-14/h1-7,12-13,25H,8-11H2,(H,20,21,22). The maximum atomic E-state index is 8.99. The SMILES string of the molecule is OCCNc1ncc2c(-c3ccco3)nn(CCc3ccccc3)c2n1. The van der Waals surface area contributed by atoms with E-state index >= 15 is 0 Å².